The molecular weight excluding hydrogens is 627 g/mol. The predicted molar refractivity (Wildman–Crippen MR) is 215 cm³/mol. The molecule has 6 aromatic carbocycles. The summed E-state index contributed by atoms with van der Waals surface area (Å²) in [6, 6.07) is 42.4. The fourth-order valence-electron chi connectivity index (χ4n) is 7.55. The van der Waals surface area contributed by atoms with Crippen molar-refractivity contribution in [3.63, 3.8) is 0 Å². The number of hydrogen-bond acceptors (Lipinski definition) is 3. The highest BCUT2D eigenvalue weighted by molar-refractivity contribution is 6.89. The van der Waals surface area contributed by atoms with E-state index in [1.807, 2.05) is 0 Å². The van der Waals surface area contributed by atoms with Gasteiger partial charge >= 0.3 is 0 Å². The number of aromatic nitrogens is 3. The fraction of sp³-hybridized carbons (Fsp3) is 0.205. The Labute approximate surface area is 292 Å². The van der Waals surface area contributed by atoms with Gasteiger partial charge in [0.15, 0.2) is 17.5 Å². The van der Waals surface area contributed by atoms with Gasteiger partial charge in [-0.15, -0.1) is 0 Å². The van der Waals surface area contributed by atoms with Crippen molar-refractivity contribution in [2.45, 2.75) is 58.5 Å². The van der Waals surface area contributed by atoms with E-state index >= 15 is 0 Å². The van der Waals surface area contributed by atoms with Crippen LogP contribution in [0, 0.1) is 0 Å². The van der Waals surface area contributed by atoms with Crippen LogP contribution in [-0.2, 0) is 5.41 Å². The van der Waals surface area contributed by atoms with Crippen molar-refractivity contribution in [2.75, 3.05) is 0 Å². The minimum Gasteiger partial charge on any atom is -0.208 e. The summed E-state index contributed by atoms with van der Waals surface area (Å²) in [5.74, 6) is 2.15. The molecular formula is C44H43N3Si2. The van der Waals surface area contributed by atoms with E-state index in [9.17, 15) is 0 Å². The van der Waals surface area contributed by atoms with Gasteiger partial charge in [0.1, 0.15) is 0 Å². The van der Waals surface area contributed by atoms with E-state index in [0.29, 0.717) is 5.82 Å². The van der Waals surface area contributed by atoms with Crippen LogP contribution in [0.3, 0.4) is 0 Å². The second kappa shape index (κ2) is 11.2. The van der Waals surface area contributed by atoms with Crippen molar-refractivity contribution < 1.29 is 0 Å². The highest BCUT2D eigenvalue weighted by Gasteiger charge is 2.37. The molecule has 5 heteroatoms. The van der Waals surface area contributed by atoms with Crippen LogP contribution in [0.5, 0.6) is 0 Å². The van der Waals surface area contributed by atoms with Gasteiger partial charge in [-0.25, -0.2) is 15.0 Å². The van der Waals surface area contributed by atoms with Crippen molar-refractivity contribution in [1.82, 2.24) is 15.0 Å². The van der Waals surface area contributed by atoms with Crippen LogP contribution in [0.25, 0.3) is 66.8 Å². The fourth-order valence-corrected chi connectivity index (χ4v) is 9.92. The van der Waals surface area contributed by atoms with Gasteiger partial charge in [-0.3, -0.25) is 0 Å². The monoisotopic (exact) mass is 669 g/mol. The zero-order valence-electron chi connectivity index (χ0n) is 29.8. The summed E-state index contributed by atoms with van der Waals surface area (Å²) in [7, 11) is -3.09. The molecule has 0 unspecified atom stereocenters. The summed E-state index contributed by atoms with van der Waals surface area (Å²) in [5, 5.41) is 8.01. The predicted octanol–water partition coefficient (Wildman–Crippen LogP) is 10.6. The van der Waals surface area contributed by atoms with E-state index in [1.165, 1.54) is 54.2 Å². The van der Waals surface area contributed by atoms with Gasteiger partial charge < -0.3 is 0 Å². The molecule has 0 spiro atoms. The average Bonchev–Trinajstić information content (AvgIpc) is 3.33. The summed E-state index contributed by atoms with van der Waals surface area (Å²) >= 11 is 0. The van der Waals surface area contributed by atoms with Gasteiger partial charge in [-0.05, 0) is 49.9 Å². The van der Waals surface area contributed by atoms with Crippen molar-refractivity contribution in [3.8, 4) is 45.3 Å². The quantitative estimate of drug-likeness (QED) is 0.135. The third-order valence-corrected chi connectivity index (χ3v) is 14.5. The zero-order chi connectivity index (χ0) is 34.3. The molecule has 242 valence electrons. The lowest BCUT2D eigenvalue weighted by molar-refractivity contribution is 0.667. The van der Waals surface area contributed by atoms with Gasteiger partial charge in [0.2, 0.25) is 0 Å². The van der Waals surface area contributed by atoms with Crippen LogP contribution in [0.4, 0.5) is 0 Å². The molecule has 49 heavy (non-hydrogen) atoms. The summed E-state index contributed by atoms with van der Waals surface area (Å²) in [4.78, 5) is 15.6. The Morgan fingerprint density at radius 2 is 0.980 bits per heavy atom. The molecule has 0 amide bonds. The third kappa shape index (κ3) is 5.36. The SMILES string of the molecule is CC1(C)c2cc(-c3nc(-c4cccc([Si](C)(C)C)c4)nc(-c4cccc([Si](C)(C)C)c4)n3)ccc2-c2ccc3ccc4ccccc4c3c21. The Balaban J connectivity index is 1.32. The number of nitrogens with zero attached hydrogens (tertiary/aromatic N) is 3. The van der Waals surface area contributed by atoms with Gasteiger partial charge in [0.25, 0.3) is 0 Å². The Hall–Kier alpha value is -4.72. The molecule has 1 aliphatic carbocycles. The molecule has 0 saturated heterocycles. The minimum atomic E-state index is -1.54. The highest BCUT2D eigenvalue weighted by atomic mass is 28.3. The van der Waals surface area contributed by atoms with Crippen LogP contribution in [0.15, 0.2) is 115 Å². The van der Waals surface area contributed by atoms with E-state index in [0.717, 1.165) is 28.3 Å². The first kappa shape index (κ1) is 31.5. The Morgan fingerprint density at radius 3 is 1.57 bits per heavy atom. The normalized spacial score (nSPS) is 13.9. The Bertz CT molecular complexity index is 2370. The van der Waals surface area contributed by atoms with Gasteiger partial charge in [-0.1, -0.05) is 173 Å². The van der Waals surface area contributed by atoms with Crippen LogP contribution >= 0.6 is 0 Å². The molecule has 7 aromatic rings. The number of fused-ring (bicyclic) bond motifs is 7. The van der Waals surface area contributed by atoms with Gasteiger partial charge in [-0.2, -0.15) is 0 Å². The Morgan fingerprint density at radius 1 is 0.469 bits per heavy atom. The van der Waals surface area contributed by atoms with Crippen LogP contribution in [-0.4, -0.2) is 31.1 Å². The van der Waals surface area contributed by atoms with Crippen molar-refractivity contribution in [3.05, 3.63) is 126 Å². The smallest absolute Gasteiger partial charge is 0.164 e. The zero-order valence-corrected chi connectivity index (χ0v) is 31.8. The van der Waals surface area contributed by atoms with Crippen LogP contribution in [0.2, 0.25) is 39.3 Å². The molecule has 0 aliphatic heterocycles. The molecule has 1 aliphatic rings. The molecule has 3 nitrogen and oxygen atoms in total. The lowest BCUT2D eigenvalue weighted by atomic mass is 9.79. The molecule has 0 atom stereocenters. The number of rotatable bonds is 5. The summed E-state index contributed by atoms with van der Waals surface area (Å²) < 4.78 is 0. The molecule has 0 N–H and O–H groups in total. The third-order valence-electron chi connectivity index (χ3n) is 10.4. The van der Waals surface area contributed by atoms with Crippen LogP contribution < -0.4 is 10.4 Å². The summed E-state index contributed by atoms with van der Waals surface area (Å²) in [6.07, 6.45) is 0. The Kier molecular flexibility index (Phi) is 7.18. The van der Waals surface area contributed by atoms with E-state index < -0.39 is 16.1 Å². The average molecular weight is 670 g/mol. The van der Waals surface area contributed by atoms with Crippen molar-refractivity contribution in [2.24, 2.45) is 0 Å². The highest BCUT2D eigenvalue weighted by Crippen LogP contribution is 2.53. The van der Waals surface area contributed by atoms with Gasteiger partial charge in [0.05, 0.1) is 16.1 Å². The molecule has 0 fully saturated rings. The number of hydrogen-bond donors (Lipinski definition) is 0. The largest absolute Gasteiger partial charge is 0.208 e. The molecule has 0 bridgehead atoms. The first-order valence-corrected chi connectivity index (χ1v) is 24.4. The maximum Gasteiger partial charge on any atom is 0.164 e. The second-order valence-electron chi connectivity index (χ2n) is 16.2. The van der Waals surface area contributed by atoms with Crippen LogP contribution in [0.1, 0.15) is 25.0 Å². The van der Waals surface area contributed by atoms with Crippen molar-refractivity contribution in [1.29, 1.82) is 0 Å². The summed E-state index contributed by atoms with van der Waals surface area (Å²) in [5.41, 5.74) is 8.21. The van der Waals surface area contributed by atoms with Gasteiger partial charge in [0, 0.05) is 22.1 Å². The van der Waals surface area contributed by atoms with E-state index in [2.05, 4.69) is 168 Å². The number of benzene rings is 6. The molecule has 1 heterocycles. The standard InChI is InChI=1S/C44H43N3Si2/c1-44(2)38-27-32(22-23-36(38)37-24-21-29-20-19-28-13-9-10-18-35(28)39(29)40(37)44)43-46-41(30-14-11-16-33(25-30)48(3,4)5)45-42(47-43)31-15-12-17-34(26-31)49(6,7)8/h9-27H,1-8H3. The first-order chi connectivity index (χ1) is 23.3. The molecule has 0 radical (unpaired) electrons. The summed E-state index contributed by atoms with van der Waals surface area (Å²) in [6.45, 7) is 19.0. The maximum absolute atomic E-state index is 5.21. The van der Waals surface area contributed by atoms with E-state index in [4.69, 9.17) is 15.0 Å². The lowest BCUT2D eigenvalue weighted by Gasteiger charge is -2.24. The van der Waals surface area contributed by atoms with E-state index in [-0.39, 0.29) is 5.41 Å². The minimum absolute atomic E-state index is 0.208. The topological polar surface area (TPSA) is 38.7 Å². The molecule has 0 saturated carbocycles. The van der Waals surface area contributed by atoms with Crippen molar-refractivity contribution >= 4 is 48.1 Å². The first-order valence-electron chi connectivity index (χ1n) is 17.4. The molecule has 8 rings (SSSR count). The lowest BCUT2D eigenvalue weighted by Crippen LogP contribution is -2.37. The maximum atomic E-state index is 5.21. The molecule has 1 aromatic heterocycles. The van der Waals surface area contributed by atoms with E-state index in [1.54, 1.807) is 0 Å². The second-order valence-corrected chi connectivity index (χ2v) is 26.4.